The van der Waals surface area contributed by atoms with E-state index in [0.717, 1.165) is 25.0 Å². The number of hydrogen-bond acceptors (Lipinski definition) is 5. The number of carbonyl (C=O) groups is 1. The third kappa shape index (κ3) is 3.98. The van der Waals surface area contributed by atoms with Gasteiger partial charge in [-0.1, -0.05) is 25.3 Å². The van der Waals surface area contributed by atoms with Gasteiger partial charge in [-0.25, -0.2) is 0 Å². The highest BCUT2D eigenvalue weighted by Crippen LogP contribution is 2.18. The summed E-state index contributed by atoms with van der Waals surface area (Å²) in [6, 6.07) is 0.245. The molecule has 1 amide bonds. The number of rotatable bonds is 8. The van der Waals surface area contributed by atoms with Crippen LogP contribution in [-0.2, 0) is 11.2 Å². The second-order valence-electron chi connectivity index (χ2n) is 4.36. The molecule has 108 valence electrons. The highest BCUT2D eigenvalue weighted by Gasteiger charge is 2.25. The monoisotopic (exact) mass is 285 g/mol. The van der Waals surface area contributed by atoms with Crippen molar-refractivity contribution in [2.24, 2.45) is 0 Å². The van der Waals surface area contributed by atoms with Gasteiger partial charge in [0.05, 0.1) is 12.3 Å². The summed E-state index contributed by atoms with van der Waals surface area (Å²) in [5.74, 6) is 0.0394. The number of aryl methyl sites for hydroxylation is 1. The molecule has 6 heteroatoms. The second kappa shape index (κ2) is 8.22. The minimum atomic E-state index is 0.0394. The molecule has 0 saturated carbocycles. The molecule has 5 nitrogen and oxygen atoms in total. The topological polar surface area (TPSA) is 55.3 Å². The molecule has 0 fully saturated rings. The Morgan fingerprint density at radius 2 is 2.05 bits per heavy atom. The van der Waals surface area contributed by atoms with E-state index in [9.17, 15) is 4.79 Å². The van der Waals surface area contributed by atoms with Crippen molar-refractivity contribution >= 4 is 17.4 Å². The third-order valence-corrected chi connectivity index (χ3v) is 4.02. The van der Waals surface area contributed by atoms with Crippen molar-refractivity contribution in [3.8, 4) is 0 Å². The van der Waals surface area contributed by atoms with Crippen molar-refractivity contribution in [1.29, 1.82) is 0 Å². The van der Waals surface area contributed by atoms with E-state index in [-0.39, 0.29) is 11.9 Å². The fourth-order valence-corrected chi connectivity index (χ4v) is 2.81. The van der Waals surface area contributed by atoms with Crippen LogP contribution in [0.4, 0.5) is 0 Å². The summed E-state index contributed by atoms with van der Waals surface area (Å²) in [5.41, 5.74) is 0.795. The van der Waals surface area contributed by atoms with E-state index in [2.05, 4.69) is 23.4 Å². The summed E-state index contributed by atoms with van der Waals surface area (Å²) in [6.45, 7) is 7.36. The third-order valence-electron chi connectivity index (χ3n) is 3.27. The number of amides is 1. The van der Waals surface area contributed by atoms with Crippen LogP contribution in [0.15, 0.2) is 0 Å². The fraction of sp³-hybridized carbons (Fsp3) is 0.769. The van der Waals surface area contributed by atoms with E-state index < -0.39 is 0 Å². The van der Waals surface area contributed by atoms with Crippen molar-refractivity contribution in [2.45, 2.75) is 46.1 Å². The number of ether oxygens (including phenoxy) is 1. The van der Waals surface area contributed by atoms with Gasteiger partial charge in [-0.2, -0.15) is 0 Å². The molecular weight excluding hydrogens is 262 g/mol. The average Bonchev–Trinajstić information content (AvgIpc) is 2.91. The minimum absolute atomic E-state index is 0.0394. The first-order valence-corrected chi connectivity index (χ1v) is 7.57. The predicted molar refractivity (Wildman–Crippen MR) is 76.6 cm³/mol. The molecule has 0 aliphatic rings. The Kier molecular flexibility index (Phi) is 6.94. The first kappa shape index (κ1) is 16.0. The van der Waals surface area contributed by atoms with Gasteiger partial charge in [0.25, 0.3) is 5.91 Å². The van der Waals surface area contributed by atoms with Gasteiger partial charge >= 0.3 is 0 Å². The summed E-state index contributed by atoms with van der Waals surface area (Å²) in [7, 11) is 1.65. The molecule has 1 heterocycles. The lowest BCUT2D eigenvalue weighted by Gasteiger charge is -2.30. The summed E-state index contributed by atoms with van der Waals surface area (Å²) in [5, 5.41) is 4.02. The number of hydrogen-bond donors (Lipinski definition) is 0. The minimum Gasteiger partial charge on any atom is -0.383 e. The molecule has 0 bridgehead atoms. The van der Waals surface area contributed by atoms with Crippen LogP contribution in [0, 0.1) is 0 Å². The highest BCUT2D eigenvalue weighted by molar-refractivity contribution is 7.08. The molecule has 0 aromatic carbocycles. The van der Waals surface area contributed by atoms with Gasteiger partial charge < -0.3 is 9.64 Å². The van der Waals surface area contributed by atoms with E-state index in [4.69, 9.17) is 4.74 Å². The van der Waals surface area contributed by atoms with Gasteiger partial charge in [0.2, 0.25) is 0 Å². The van der Waals surface area contributed by atoms with Crippen LogP contribution in [0.2, 0.25) is 0 Å². The average molecular weight is 285 g/mol. The van der Waals surface area contributed by atoms with Gasteiger partial charge in [-0.3, -0.25) is 4.79 Å². The van der Waals surface area contributed by atoms with Gasteiger partial charge in [0.15, 0.2) is 0 Å². The maximum atomic E-state index is 12.7. The molecule has 0 atom stereocenters. The van der Waals surface area contributed by atoms with Gasteiger partial charge in [-0.15, -0.1) is 5.10 Å². The van der Waals surface area contributed by atoms with Crippen LogP contribution in [0.25, 0.3) is 0 Å². The van der Waals surface area contributed by atoms with Crippen molar-refractivity contribution in [3.05, 3.63) is 10.6 Å². The Balaban J connectivity index is 2.93. The number of aromatic nitrogens is 2. The van der Waals surface area contributed by atoms with Crippen LogP contribution in [-0.4, -0.2) is 46.7 Å². The smallest absolute Gasteiger partial charge is 0.267 e. The Morgan fingerprint density at radius 1 is 1.37 bits per heavy atom. The molecule has 0 saturated heterocycles. The molecule has 0 N–H and O–H groups in total. The van der Waals surface area contributed by atoms with Crippen LogP contribution >= 0.6 is 11.5 Å². The SMILES string of the molecule is CCc1nnsc1C(=O)N(CCOC)C(CC)CC. The van der Waals surface area contributed by atoms with Crippen LogP contribution in [0.1, 0.15) is 49.0 Å². The maximum Gasteiger partial charge on any atom is 0.267 e. The van der Waals surface area contributed by atoms with Gasteiger partial charge in [0, 0.05) is 19.7 Å². The maximum absolute atomic E-state index is 12.7. The molecule has 0 aliphatic carbocycles. The van der Waals surface area contributed by atoms with Crippen molar-refractivity contribution in [2.75, 3.05) is 20.3 Å². The molecule has 1 rings (SSSR count). The lowest BCUT2D eigenvalue weighted by atomic mass is 10.1. The van der Waals surface area contributed by atoms with Crippen molar-refractivity contribution < 1.29 is 9.53 Å². The lowest BCUT2D eigenvalue weighted by Crippen LogP contribution is -2.41. The molecule has 0 spiro atoms. The molecule has 0 unspecified atom stereocenters. The largest absolute Gasteiger partial charge is 0.383 e. The Bertz CT molecular complexity index is 391. The van der Waals surface area contributed by atoms with E-state index in [1.54, 1.807) is 7.11 Å². The number of nitrogens with zero attached hydrogens (tertiary/aromatic N) is 3. The first-order chi connectivity index (χ1) is 9.19. The standard InChI is InChI=1S/C13H23N3O2S/c1-5-10(6-2)16(8-9-18-4)13(17)12-11(7-3)14-15-19-12/h10H,5-9H2,1-4H3. The van der Waals surface area contributed by atoms with Crippen LogP contribution in [0.5, 0.6) is 0 Å². The summed E-state index contributed by atoms with van der Waals surface area (Å²) in [6.07, 6.45) is 2.62. The predicted octanol–water partition coefficient (Wildman–Crippen LogP) is 2.38. The summed E-state index contributed by atoms with van der Waals surface area (Å²) < 4.78 is 9.01. The molecule has 19 heavy (non-hydrogen) atoms. The van der Waals surface area contributed by atoms with Crippen molar-refractivity contribution in [1.82, 2.24) is 14.5 Å². The van der Waals surface area contributed by atoms with Crippen LogP contribution in [0.3, 0.4) is 0 Å². The summed E-state index contributed by atoms with van der Waals surface area (Å²) >= 11 is 1.19. The normalized spacial score (nSPS) is 11.0. The zero-order chi connectivity index (χ0) is 14.3. The second-order valence-corrected chi connectivity index (χ2v) is 5.12. The quantitative estimate of drug-likeness (QED) is 0.736. The van der Waals surface area contributed by atoms with E-state index in [0.29, 0.717) is 18.0 Å². The van der Waals surface area contributed by atoms with Crippen molar-refractivity contribution in [3.63, 3.8) is 0 Å². The zero-order valence-corrected chi connectivity index (χ0v) is 13.0. The highest BCUT2D eigenvalue weighted by atomic mass is 32.1. The van der Waals surface area contributed by atoms with E-state index >= 15 is 0 Å². The zero-order valence-electron chi connectivity index (χ0n) is 12.2. The Hall–Kier alpha value is -1.01. The first-order valence-electron chi connectivity index (χ1n) is 6.80. The number of carbonyl (C=O) groups excluding carboxylic acids is 1. The van der Waals surface area contributed by atoms with E-state index in [1.165, 1.54) is 11.5 Å². The Labute approximate surface area is 119 Å². The lowest BCUT2D eigenvalue weighted by molar-refractivity contribution is 0.0593. The van der Waals surface area contributed by atoms with Gasteiger partial charge in [-0.05, 0) is 30.8 Å². The van der Waals surface area contributed by atoms with Gasteiger partial charge in [0.1, 0.15) is 4.88 Å². The molecule has 1 aromatic rings. The fourth-order valence-electron chi connectivity index (χ4n) is 2.10. The number of methoxy groups -OCH3 is 1. The summed E-state index contributed by atoms with van der Waals surface area (Å²) in [4.78, 5) is 15.2. The van der Waals surface area contributed by atoms with E-state index in [1.807, 2.05) is 11.8 Å². The van der Waals surface area contributed by atoms with Crippen LogP contribution < -0.4 is 0 Å². The molecule has 0 radical (unpaired) electrons. The molecule has 1 aromatic heterocycles. The molecular formula is C13H23N3O2S. The Morgan fingerprint density at radius 3 is 2.58 bits per heavy atom. The molecule has 0 aliphatic heterocycles.